The van der Waals surface area contributed by atoms with E-state index in [1.807, 2.05) is 12.1 Å². The molecule has 0 amide bonds. The normalized spacial score (nSPS) is 12.5. The van der Waals surface area contributed by atoms with Crippen LogP contribution in [0.3, 0.4) is 0 Å². The zero-order chi connectivity index (χ0) is 23.3. The Kier molecular flexibility index (Phi) is 18.7. The van der Waals surface area contributed by atoms with E-state index < -0.39 is 0 Å². The second-order valence-corrected chi connectivity index (χ2v) is 10.2. The Labute approximate surface area is 201 Å². The molecule has 1 rings (SSSR count). The van der Waals surface area contributed by atoms with Crippen molar-refractivity contribution in [1.29, 1.82) is 0 Å². The highest BCUT2D eigenvalue weighted by Gasteiger charge is 2.24. The van der Waals surface area contributed by atoms with Gasteiger partial charge in [0.1, 0.15) is 5.75 Å². The Morgan fingerprint density at radius 1 is 0.531 bits per heavy atom. The van der Waals surface area contributed by atoms with Gasteiger partial charge in [0.25, 0.3) is 0 Å². The molecule has 0 saturated carbocycles. The van der Waals surface area contributed by atoms with E-state index in [0.717, 1.165) is 5.92 Å². The molecule has 32 heavy (non-hydrogen) atoms. The molecule has 0 radical (unpaired) electrons. The summed E-state index contributed by atoms with van der Waals surface area (Å²) in [6, 6.07) is 8.23. The molecule has 0 heterocycles. The summed E-state index contributed by atoms with van der Waals surface area (Å²) in [5.41, 5.74) is 1.23. The lowest BCUT2D eigenvalue weighted by Crippen LogP contribution is -2.14. The molecule has 1 unspecified atom stereocenters. The molecule has 1 atom stereocenters. The van der Waals surface area contributed by atoms with Crippen LogP contribution in [-0.4, -0.2) is 5.11 Å². The Hall–Kier alpha value is -0.980. The summed E-state index contributed by atoms with van der Waals surface area (Å²) in [6.07, 6.45) is 27.1. The van der Waals surface area contributed by atoms with Gasteiger partial charge in [-0.2, -0.15) is 0 Å². The van der Waals surface area contributed by atoms with Gasteiger partial charge in [0.05, 0.1) is 0 Å². The van der Waals surface area contributed by atoms with Crippen molar-refractivity contribution in [2.45, 2.75) is 155 Å². The van der Waals surface area contributed by atoms with Crippen LogP contribution in [0, 0.1) is 5.92 Å². The van der Waals surface area contributed by atoms with Crippen LogP contribution in [0.15, 0.2) is 24.3 Å². The molecule has 0 spiro atoms. The van der Waals surface area contributed by atoms with Crippen molar-refractivity contribution in [1.82, 2.24) is 0 Å². The van der Waals surface area contributed by atoms with E-state index in [1.54, 1.807) is 0 Å². The zero-order valence-corrected chi connectivity index (χ0v) is 22.1. The number of hydrogen-bond acceptors (Lipinski definition) is 1. The van der Waals surface area contributed by atoms with Crippen LogP contribution in [-0.2, 0) is 0 Å². The van der Waals surface area contributed by atoms with Crippen molar-refractivity contribution in [3.8, 4) is 5.75 Å². The van der Waals surface area contributed by atoms with Gasteiger partial charge in [-0.05, 0) is 42.7 Å². The van der Waals surface area contributed by atoms with E-state index in [9.17, 15) is 5.11 Å². The summed E-state index contributed by atoms with van der Waals surface area (Å²) in [5, 5.41) is 10.7. The van der Waals surface area contributed by atoms with Crippen LogP contribution in [0.2, 0.25) is 0 Å². The van der Waals surface area contributed by atoms with Crippen molar-refractivity contribution in [2.75, 3.05) is 0 Å². The van der Waals surface area contributed by atoms with Gasteiger partial charge in [0, 0.05) is 0 Å². The topological polar surface area (TPSA) is 20.2 Å². The van der Waals surface area contributed by atoms with Crippen molar-refractivity contribution in [2.24, 2.45) is 5.92 Å². The van der Waals surface area contributed by atoms with E-state index >= 15 is 0 Å². The fraction of sp³-hybridized carbons (Fsp3) is 0.806. The Morgan fingerprint density at radius 3 is 1.41 bits per heavy atom. The average molecular weight is 445 g/mol. The maximum atomic E-state index is 10.7. The molecule has 1 heteroatoms. The smallest absolute Gasteiger partial charge is 0.119 e. The summed E-state index contributed by atoms with van der Waals surface area (Å²) in [7, 11) is 0. The average Bonchev–Trinajstić information content (AvgIpc) is 2.80. The fourth-order valence-electron chi connectivity index (χ4n) is 5.33. The summed E-state index contributed by atoms with van der Waals surface area (Å²) < 4.78 is 0. The number of phenols is 1. The van der Waals surface area contributed by atoms with Crippen molar-refractivity contribution in [3.63, 3.8) is 0 Å². The summed E-state index contributed by atoms with van der Waals surface area (Å²) in [6.45, 7) is 6.90. The molecule has 1 nitrogen and oxygen atoms in total. The minimum atomic E-state index is 0.530. The fourth-order valence-corrected chi connectivity index (χ4v) is 5.33. The largest absolute Gasteiger partial charge is 0.508 e. The lowest BCUT2D eigenvalue weighted by Gasteiger charge is -2.29. The standard InChI is InChI=1S/C31H56O/c1-4-7-10-13-14-17-20-25-29(30-26-21-22-27-31(30)32)28(23-18-15-11-8-5-2)24-19-16-12-9-6-3/h21-22,26-29,32H,4-20,23-25H2,1-3H3. The quantitative estimate of drug-likeness (QED) is 0.176. The Balaban J connectivity index is 2.73. The number of rotatable bonds is 22. The van der Waals surface area contributed by atoms with Crippen LogP contribution < -0.4 is 0 Å². The molecule has 1 aromatic carbocycles. The Bertz CT molecular complexity index is 509. The van der Waals surface area contributed by atoms with Crippen molar-refractivity contribution >= 4 is 0 Å². The van der Waals surface area contributed by atoms with Crippen LogP contribution in [0.1, 0.15) is 161 Å². The first-order chi connectivity index (χ1) is 15.7. The van der Waals surface area contributed by atoms with Gasteiger partial charge >= 0.3 is 0 Å². The third-order valence-corrected chi connectivity index (χ3v) is 7.38. The molecule has 1 N–H and O–H groups in total. The Morgan fingerprint density at radius 2 is 0.938 bits per heavy atom. The molecule has 0 aliphatic heterocycles. The van der Waals surface area contributed by atoms with Gasteiger partial charge in [-0.15, -0.1) is 0 Å². The predicted octanol–water partition coefficient (Wildman–Crippen LogP) is 11.0. The number of para-hydroxylation sites is 1. The molecule has 0 saturated heterocycles. The van der Waals surface area contributed by atoms with Gasteiger partial charge in [-0.25, -0.2) is 0 Å². The number of hydrogen-bond donors (Lipinski definition) is 1. The summed E-state index contributed by atoms with van der Waals surface area (Å²) in [4.78, 5) is 0. The third kappa shape index (κ3) is 13.5. The molecule has 0 aliphatic carbocycles. The van der Waals surface area contributed by atoms with Gasteiger partial charge in [-0.3, -0.25) is 0 Å². The first-order valence-corrected chi connectivity index (χ1v) is 14.5. The van der Waals surface area contributed by atoms with E-state index in [0.29, 0.717) is 11.7 Å². The molecule has 0 fully saturated rings. The molecule has 186 valence electrons. The first kappa shape index (κ1) is 29.1. The SMILES string of the molecule is CCCCCCCCCC(c1ccccc1O)C(CCCCCCC)CCCCCCC. The van der Waals surface area contributed by atoms with Crippen LogP contribution >= 0.6 is 0 Å². The van der Waals surface area contributed by atoms with Crippen molar-refractivity contribution < 1.29 is 5.11 Å². The minimum absolute atomic E-state index is 0.530. The van der Waals surface area contributed by atoms with Gasteiger partial charge in [0.2, 0.25) is 0 Å². The van der Waals surface area contributed by atoms with E-state index in [4.69, 9.17) is 0 Å². The van der Waals surface area contributed by atoms with Gasteiger partial charge in [-0.1, -0.05) is 148 Å². The van der Waals surface area contributed by atoms with Gasteiger partial charge < -0.3 is 5.11 Å². The van der Waals surface area contributed by atoms with E-state index in [2.05, 4.69) is 32.9 Å². The molecule has 0 aromatic heterocycles. The first-order valence-electron chi connectivity index (χ1n) is 14.5. The molecule has 1 aromatic rings. The summed E-state index contributed by atoms with van der Waals surface area (Å²) in [5.74, 6) is 1.79. The minimum Gasteiger partial charge on any atom is -0.508 e. The second-order valence-electron chi connectivity index (χ2n) is 10.2. The molecular formula is C31H56O. The lowest BCUT2D eigenvalue weighted by atomic mass is 9.76. The number of unbranched alkanes of at least 4 members (excludes halogenated alkanes) is 14. The predicted molar refractivity (Wildman–Crippen MR) is 144 cm³/mol. The third-order valence-electron chi connectivity index (χ3n) is 7.38. The molecule has 0 bridgehead atoms. The number of benzene rings is 1. The van der Waals surface area contributed by atoms with Crippen molar-refractivity contribution in [3.05, 3.63) is 29.8 Å². The molecule has 0 aliphatic rings. The van der Waals surface area contributed by atoms with E-state index in [1.165, 1.54) is 134 Å². The number of phenolic OH excluding ortho intramolecular Hbond substituents is 1. The zero-order valence-electron chi connectivity index (χ0n) is 22.1. The lowest BCUT2D eigenvalue weighted by molar-refractivity contribution is 0.314. The van der Waals surface area contributed by atoms with Crippen LogP contribution in [0.4, 0.5) is 0 Å². The highest BCUT2D eigenvalue weighted by Crippen LogP contribution is 2.40. The van der Waals surface area contributed by atoms with Gasteiger partial charge in [0.15, 0.2) is 0 Å². The van der Waals surface area contributed by atoms with Crippen LogP contribution in [0.5, 0.6) is 5.75 Å². The molecular weight excluding hydrogens is 388 g/mol. The maximum Gasteiger partial charge on any atom is 0.119 e. The second kappa shape index (κ2) is 20.6. The highest BCUT2D eigenvalue weighted by molar-refractivity contribution is 5.35. The van der Waals surface area contributed by atoms with Crippen LogP contribution in [0.25, 0.3) is 0 Å². The monoisotopic (exact) mass is 444 g/mol. The van der Waals surface area contributed by atoms with E-state index in [-0.39, 0.29) is 0 Å². The highest BCUT2D eigenvalue weighted by atomic mass is 16.3. The number of aromatic hydroxyl groups is 1. The maximum absolute atomic E-state index is 10.7. The summed E-state index contributed by atoms with van der Waals surface area (Å²) >= 11 is 0.